The second kappa shape index (κ2) is 5.27. The van der Waals surface area contributed by atoms with Gasteiger partial charge in [0, 0.05) is 5.75 Å². The fourth-order valence-electron chi connectivity index (χ4n) is 1.72. The molecule has 0 amide bonds. The van der Waals surface area contributed by atoms with E-state index < -0.39 is 5.92 Å². The topological polar surface area (TPSA) is 46.5 Å². The lowest BCUT2D eigenvalue weighted by atomic mass is 10.1. The molecule has 1 aromatic rings. The van der Waals surface area contributed by atoms with Crippen molar-refractivity contribution < 1.29 is 14.6 Å². The standard InChI is InChI=1S/C13H14O3S/c1-2-16-13(15)10-8-17-12(11(10)14)9-6-4-3-5-7-9/h3-7,10,14H,2,8H2,1H3. The first-order valence-corrected chi connectivity index (χ1v) is 6.50. The van der Waals surface area contributed by atoms with E-state index in [9.17, 15) is 9.90 Å². The molecule has 90 valence electrons. The number of ether oxygens (including phenoxy) is 1. The van der Waals surface area contributed by atoms with Crippen LogP contribution in [0, 0.1) is 5.92 Å². The number of rotatable bonds is 3. The first kappa shape index (κ1) is 12.0. The van der Waals surface area contributed by atoms with Gasteiger partial charge < -0.3 is 9.84 Å². The highest BCUT2D eigenvalue weighted by Gasteiger charge is 2.33. The predicted octanol–water partition coefficient (Wildman–Crippen LogP) is 2.84. The third kappa shape index (κ3) is 2.47. The Morgan fingerprint density at radius 3 is 2.82 bits per heavy atom. The van der Waals surface area contributed by atoms with E-state index >= 15 is 0 Å². The molecule has 4 heteroatoms. The molecule has 0 saturated carbocycles. The molecule has 17 heavy (non-hydrogen) atoms. The van der Waals surface area contributed by atoms with Crippen molar-refractivity contribution >= 4 is 22.6 Å². The molecule has 0 radical (unpaired) electrons. The summed E-state index contributed by atoms with van der Waals surface area (Å²) in [6.45, 7) is 2.10. The number of hydrogen-bond acceptors (Lipinski definition) is 4. The number of carbonyl (C=O) groups is 1. The van der Waals surface area contributed by atoms with E-state index in [-0.39, 0.29) is 11.7 Å². The maximum Gasteiger partial charge on any atom is 0.317 e. The zero-order valence-electron chi connectivity index (χ0n) is 9.55. The molecule has 1 aromatic carbocycles. The summed E-state index contributed by atoms with van der Waals surface area (Å²) >= 11 is 1.49. The van der Waals surface area contributed by atoms with Gasteiger partial charge in [-0.1, -0.05) is 30.3 Å². The summed E-state index contributed by atoms with van der Waals surface area (Å²) in [4.78, 5) is 12.4. The Balaban J connectivity index is 2.23. The van der Waals surface area contributed by atoms with Crippen LogP contribution in [0.2, 0.25) is 0 Å². The van der Waals surface area contributed by atoms with Crippen LogP contribution < -0.4 is 0 Å². The van der Waals surface area contributed by atoms with E-state index in [0.717, 1.165) is 10.5 Å². The van der Waals surface area contributed by atoms with Crippen LogP contribution in [0.3, 0.4) is 0 Å². The number of esters is 1. The Morgan fingerprint density at radius 2 is 2.18 bits per heavy atom. The first-order valence-electron chi connectivity index (χ1n) is 5.52. The van der Waals surface area contributed by atoms with Gasteiger partial charge in [-0.05, 0) is 12.5 Å². The largest absolute Gasteiger partial charge is 0.510 e. The van der Waals surface area contributed by atoms with Crippen LogP contribution in [0.5, 0.6) is 0 Å². The van der Waals surface area contributed by atoms with Crippen molar-refractivity contribution in [1.29, 1.82) is 0 Å². The van der Waals surface area contributed by atoms with Gasteiger partial charge in [-0.2, -0.15) is 0 Å². The molecule has 0 fully saturated rings. The summed E-state index contributed by atoms with van der Waals surface area (Å²) in [7, 11) is 0. The fraction of sp³-hybridized carbons (Fsp3) is 0.308. The van der Waals surface area contributed by atoms with Crippen molar-refractivity contribution in [3.8, 4) is 0 Å². The Hall–Kier alpha value is -1.42. The predicted molar refractivity (Wildman–Crippen MR) is 68.6 cm³/mol. The van der Waals surface area contributed by atoms with E-state index in [1.807, 2.05) is 30.3 Å². The highest BCUT2D eigenvalue weighted by molar-refractivity contribution is 8.08. The number of hydrogen-bond donors (Lipinski definition) is 1. The van der Waals surface area contributed by atoms with E-state index in [4.69, 9.17) is 4.74 Å². The summed E-state index contributed by atoms with van der Waals surface area (Å²) < 4.78 is 4.93. The van der Waals surface area contributed by atoms with Gasteiger partial charge in [0.15, 0.2) is 0 Å². The fourth-order valence-corrected chi connectivity index (χ4v) is 2.94. The van der Waals surface area contributed by atoms with Gasteiger partial charge in [-0.15, -0.1) is 11.8 Å². The molecule has 1 aliphatic rings. The van der Waals surface area contributed by atoms with Gasteiger partial charge in [0.05, 0.1) is 11.5 Å². The molecule has 0 aromatic heterocycles. The molecule has 0 bridgehead atoms. The van der Waals surface area contributed by atoms with Gasteiger partial charge in [0.25, 0.3) is 0 Å². The zero-order valence-corrected chi connectivity index (χ0v) is 10.4. The van der Waals surface area contributed by atoms with Gasteiger partial charge in [0.1, 0.15) is 11.7 Å². The van der Waals surface area contributed by atoms with Gasteiger partial charge in [-0.3, -0.25) is 4.79 Å². The van der Waals surface area contributed by atoms with E-state index in [0.29, 0.717) is 12.4 Å². The zero-order chi connectivity index (χ0) is 12.3. The Kier molecular flexibility index (Phi) is 3.74. The third-order valence-corrected chi connectivity index (χ3v) is 3.80. The third-order valence-electron chi connectivity index (χ3n) is 2.56. The molecule has 1 aliphatic heterocycles. The number of aliphatic hydroxyl groups excluding tert-OH is 1. The minimum atomic E-state index is -0.518. The molecule has 0 saturated heterocycles. The number of benzene rings is 1. The molecule has 2 rings (SSSR count). The molecule has 0 aliphatic carbocycles. The Bertz CT molecular complexity index is 439. The summed E-state index contributed by atoms with van der Waals surface area (Å²) in [5.41, 5.74) is 0.946. The normalized spacial score (nSPS) is 19.5. The summed E-state index contributed by atoms with van der Waals surface area (Å²) in [6, 6.07) is 9.59. The minimum Gasteiger partial charge on any atom is -0.510 e. The van der Waals surface area contributed by atoms with Crippen LogP contribution in [0.1, 0.15) is 12.5 Å². The first-order chi connectivity index (χ1) is 8.24. The SMILES string of the molecule is CCOC(=O)C1CSC(c2ccccc2)=C1O. The van der Waals surface area contributed by atoms with Crippen molar-refractivity contribution in [2.24, 2.45) is 5.92 Å². The Labute approximate surface area is 104 Å². The van der Waals surface area contributed by atoms with Gasteiger partial charge >= 0.3 is 5.97 Å². The average Bonchev–Trinajstić information content (AvgIpc) is 2.72. The van der Waals surface area contributed by atoms with Crippen molar-refractivity contribution in [2.75, 3.05) is 12.4 Å². The second-order valence-electron chi connectivity index (χ2n) is 3.70. The molecule has 1 unspecified atom stereocenters. The quantitative estimate of drug-likeness (QED) is 0.838. The highest BCUT2D eigenvalue weighted by Crippen LogP contribution is 2.41. The Morgan fingerprint density at radius 1 is 1.47 bits per heavy atom. The van der Waals surface area contributed by atoms with Crippen LogP contribution in [-0.2, 0) is 9.53 Å². The van der Waals surface area contributed by atoms with Crippen molar-refractivity contribution in [2.45, 2.75) is 6.92 Å². The molecule has 1 N–H and O–H groups in total. The lowest BCUT2D eigenvalue weighted by molar-refractivity contribution is -0.146. The van der Waals surface area contributed by atoms with Crippen molar-refractivity contribution in [3.63, 3.8) is 0 Å². The van der Waals surface area contributed by atoms with Gasteiger partial charge in [-0.25, -0.2) is 0 Å². The molecule has 1 heterocycles. The van der Waals surface area contributed by atoms with E-state index in [2.05, 4.69) is 0 Å². The van der Waals surface area contributed by atoms with E-state index in [1.54, 1.807) is 6.92 Å². The molecular weight excluding hydrogens is 236 g/mol. The lowest BCUT2D eigenvalue weighted by Gasteiger charge is -2.08. The molecule has 1 atom stereocenters. The monoisotopic (exact) mass is 250 g/mol. The summed E-state index contributed by atoms with van der Waals surface area (Å²) in [5, 5.41) is 10.1. The van der Waals surface area contributed by atoms with Crippen molar-refractivity contribution in [1.82, 2.24) is 0 Å². The molecule has 3 nitrogen and oxygen atoms in total. The average molecular weight is 250 g/mol. The number of aliphatic hydroxyl groups is 1. The smallest absolute Gasteiger partial charge is 0.317 e. The van der Waals surface area contributed by atoms with Crippen LogP contribution >= 0.6 is 11.8 Å². The second-order valence-corrected chi connectivity index (χ2v) is 4.73. The van der Waals surface area contributed by atoms with Crippen LogP contribution in [0.4, 0.5) is 0 Å². The summed E-state index contributed by atoms with van der Waals surface area (Å²) in [6.07, 6.45) is 0. The van der Waals surface area contributed by atoms with Crippen LogP contribution in [-0.4, -0.2) is 23.4 Å². The molecule has 0 spiro atoms. The molecular formula is C13H14O3S. The van der Waals surface area contributed by atoms with Crippen molar-refractivity contribution in [3.05, 3.63) is 41.7 Å². The highest BCUT2D eigenvalue weighted by atomic mass is 32.2. The minimum absolute atomic E-state index is 0.139. The number of thioether (sulfide) groups is 1. The van der Waals surface area contributed by atoms with Gasteiger partial charge in [0.2, 0.25) is 0 Å². The maximum atomic E-state index is 11.6. The summed E-state index contributed by atoms with van der Waals surface area (Å²) in [5.74, 6) is -0.173. The number of carbonyl (C=O) groups excluding carboxylic acids is 1. The lowest BCUT2D eigenvalue weighted by Crippen LogP contribution is -2.19. The van der Waals surface area contributed by atoms with Crippen LogP contribution in [0.15, 0.2) is 36.1 Å². The van der Waals surface area contributed by atoms with E-state index in [1.165, 1.54) is 11.8 Å². The van der Waals surface area contributed by atoms with Crippen LogP contribution in [0.25, 0.3) is 4.91 Å². The maximum absolute atomic E-state index is 11.6.